The third-order valence-corrected chi connectivity index (χ3v) is 3.75. The van der Waals surface area contributed by atoms with Crippen LogP contribution in [0.15, 0.2) is 0 Å². The lowest BCUT2D eigenvalue weighted by Gasteiger charge is -2.29. The first-order valence-electron chi connectivity index (χ1n) is 5.48. The van der Waals surface area contributed by atoms with Gasteiger partial charge in [0.1, 0.15) is 10.9 Å². The zero-order valence-electron chi connectivity index (χ0n) is 11.0. The Balaban J connectivity index is 4.49. The first-order valence-corrected chi connectivity index (χ1v) is 6.71. The Morgan fingerprint density at radius 3 is 1.80 bits per heavy atom. The van der Waals surface area contributed by atoms with Crippen molar-refractivity contribution in [1.82, 2.24) is 0 Å². The monoisotopic (exact) mass is 232 g/mol. The molecule has 0 heterocycles. The van der Waals surface area contributed by atoms with E-state index in [2.05, 4.69) is 27.7 Å². The molecule has 0 bridgehead atoms. The second-order valence-corrected chi connectivity index (χ2v) is 6.50. The fourth-order valence-electron chi connectivity index (χ4n) is 1.39. The minimum atomic E-state index is -0.442. The van der Waals surface area contributed by atoms with Crippen LogP contribution >= 0.6 is 11.8 Å². The highest BCUT2D eigenvalue weighted by Gasteiger charge is 2.32. The maximum Gasteiger partial charge on any atom is 0.321 e. The number of carbonyl (C=O) groups is 1. The number of rotatable bonds is 5. The topological polar surface area (TPSA) is 26.3 Å². The Labute approximate surface area is 98.2 Å². The first kappa shape index (κ1) is 14.8. The number of hydrogen-bond acceptors (Lipinski definition) is 3. The number of hydrogen-bond donors (Lipinski definition) is 0. The van der Waals surface area contributed by atoms with Gasteiger partial charge in [0.2, 0.25) is 0 Å². The van der Waals surface area contributed by atoms with Crippen molar-refractivity contribution < 1.29 is 9.53 Å². The molecule has 0 atom stereocenters. The molecule has 0 amide bonds. The summed E-state index contributed by atoms with van der Waals surface area (Å²) >= 11 is 1.53. The summed E-state index contributed by atoms with van der Waals surface area (Å²) in [5.41, 5.74) is 0. The number of thioether (sulfide) groups is 1. The molecule has 2 nitrogen and oxygen atoms in total. The molecule has 0 rings (SSSR count). The van der Waals surface area contributed by atoms with Gasteiger partial charge < -0.3 is 4.74 Å². The van der Waals surface area contributed by atoms with Gasteiger partial charge in [-0.1, -0.05) is 27.7 Å². The third-order valence-electron chi connectivity index (χ3n) is 2.56. The van der Waals surface area contributed by atoms with E-state index in [0.29, 0.717) is 11.8 Å². The SMILES string of the molecule is CSC(C)(C)C(=O)OC(C(C)C)C(C)C. The molecular formula is C12H24O2S. The van der Waals surface area contributed by atoms with Crippen LogP contribution in [-0.4, -0.2) is 23.1 Å². The van der Waals surface area contributed by atoms with E-state index in [1.807, 2.05) is 20.1 Å². The molecular weight excluding hydrogens is 208 g/mol. The third kappa shape index (κ3) is 4.45. The van der Waals surface area contributed by atoms with Crippen molar-refractivity contribution in [3.63, 3.8) is 0 Å². The molecule has 3 heteroatoms. The van der Waals surface area contributed by atoms with Gasteiger partial charge in [-0.2, -0.15) is 0 Å². The van der Waals surface area contributed by atoms with Crippen LogP contribution in [-0.2, 0) is 9.53 Å². The first-order chi connectivity index (χ1) is 6.72. The van der Waals surface area contributed by atoms with Crippen LogP contribution < -0.4 is 0 Å². The van der Waals surface area contributed by atoms with E-state index < -0.39 is 4.75 Å². The van der Waals surface area contributed by atoms with Gasteiger partial charge in [0.05, 0.1) is 0 Å². The van der Waals surface area contributed by atoms with Crippen molar-refractivity contribution in [1.29, 1.82) is 0 Å². The van der Waals surface area contributed by atoms with Crippen LogP contribution in [0.4, 0.5) is 0 Å². The van der Waals surface area contributed by atoms with Crippen molar-refractivity contribution >= 4 is 17.7 Å². The predicted octanol–water partition coefficient (Wildman–Crippen LogP) is 3.35. The van der Waals surface area contributed by atoms with E-state index in [9.17, 15) is 4.79 Å². The highest BCUT2D eigenvalue weighted by Crippen LogP contribution is 2.26. The zero-order chi connectivity index (χ0) is 12.2. The van der Waals surface area contributed by atoms with Crippen LogP contribution in [0.5, 0.6) is 0 Å². The van der Waals surface area contributed by atoms with Crippen LogP contribution in [0.3, 0.4) is 0 Å². The Hall–Kier alpha value is -0.180. The van der Waals surface area contributed by atoms with Crippen molar-refractivity contribution in [2.24, 2.45) is 11.8 Å². The molecule has 90 valence electrons. The Kier molecular flexibility index (Phi) is 5.71. The largest absolute Gasteiger partial charge is 0.461 e. The summed E-state index contributed by atoms with van der Waals surface area (Å²) in [7, 11) is 0. The second-order valence-electron chi connectivity index (χ2n) is 5.07. The van der Waals surface area contributed by atoms with E-state index in [-0.39, 0.29) is 12.1 Å². The lowest BCUT2D eigenvalue weighted by atomic mass is 9.96. The smallest absolute Gasteiger partial charge is 0.321 e. The molecule has 0 aromatic carbocycles. The molecule has 0 aliphatic rings. The van der Waals surface area contributed by atoms with Gasteiger partial charge in [-0.05, 0) is 31.9 Å². The molecule has 0 saturated heterocycles. The van der Waals surface area contributed by atoms with Crippen LogP contribution in [0, 0.1) is 11.8 Å². The van der Waals surface area contributed by atoms with Gasteiger partial charge in [0.15, 0.2) is 0 Å². The quantitative estimate of drug-likeness (QED) is 0.680. The molecule has 0 unspecified atom stereocenters. The maximum atomic E-state index is 11.9. The normalized spacial score (nSPS) is 12.7. The molecule has 0 aliphatic heterocycles. The Bertz CT molecular complexity index is 202. The Morgan fingerprint density at radius 2 is 1.53 bits per heavy atom. The van der Waals surface area contributed by atoms with Crippen molar-refractivity contribution in [3.8, 4) is 0 Å². The number of esters is 1. The molecule has 0 fully saturated rings. The van der Waals surface area contributed by atoms with E-state index >= 15 is 0 Å². The highest BCUT2D eigenvalue weighted by molar-refractivity contribution is 8.00. The van der Waals surface area contributed by atoms with Crippen LogP contribution in [0.1, 0.15) is 41.5 Å². The highest BCUT2D eigenvalue weighted by atomic mass is 32.2. The van der Waals surface area contributed by atoms with E-state index in [1.165, 1.54) is 11.8 Å². The molecule has 0 saturated carbocycles. The summed E-state index contributed by atoms with van der Waals surface area (Å²) in [5.74, 6) is 0.626. The minimum Gasteiger partial charge on any atom is -0.461 e. The van der Waals surface area contributed by atoms with E-state index in [1.54, 1.807) is 0 Å². The lowest BCUT2D eigenvalue weighted by molar-refractivity contribution is -0.156. The molecule has 0 aliphatic carbocycles. The van der Waals surface area contributed by atoms with Gasteiger partial charge in [-0.25, -0.2) is 0 Å². The van der Waals surface area contributed by atoms with Gasteiger partial charge in [0, 0.05) is 0 Å². The molecule has 0 N–H and O–H groups in total. The van der Waals surface area contributed by atoms with Gasteiger partial charge in [-0.15, -0.1) is 11.8 Å². The summed E-state index contributed by atoms with van der Waals surface area (Å²) in [6, 6.07) is 0. The second kappa shape index (κ2) is 5.78. The van der Waals surface area contributed by atoms with Gasteiger partial charge in [0.25, 0.3) is 0 Å². The van der Waals surface area contributed by atoms with Crippen molar-refractivity contribution in [2.75, 3.05) is 6.26 Å². The van der Waals surface area contributed by atoms with Crippen LogP contribution in [0.25, 0.3) is 0 Å². The average molecular weight is 232 g/mol. The fourth-order valence-corrected chi connectivity index (χ4v) is 1.61. The molecule has 0 spiro atoms. The summed E-state index contributed by atoms with van der Waals surface area (Å²) in [5, 5.41) is 0. The number of carbonyl (C=O) groups excluding carboxylic acids is 1. The molecule has 0 aromatic heterocycles. The van der Waals surface area contributed by atoms with Gasteiger partial charge in [-0.3, -0.25) is 4.79 Å². The molecule has 0 radical (unpaired) electrons. The van der Waals surface area contributed by atoms with E-state index in [4.69, 9.17) is 4.74 Å². The summed E-state index contributed by atoms with van der Waals surface area (Å²) in [6.45, 7) is 12.2. The molecule has 0 aromatic rings. The minimum absolute atomic E-state index is 0.0175. The predicted molar refractivity (Wildman–Crippen MR) is 67.2 cm³/mol. The number of ether oxygens (including phenoxy) is 1. The molecule has 15 heavy (non-hydrogen) atoms. The Morgan fingerprint density at radius 1 is 1.13 bits per heavy atom. The standard InChI is InChI=1S/C12H24O2S/c1-8(2)10(9(3)4)14-11(13)12(5,6)15-7/h8-10H,1-7H3. The van der Waals surface area contributed by atoms with Crippen molar-refractivity contribution in [2.45, 2.75) is 52.4 Å². The lowest BCUT2D eigenvalue weighted by Crippen LogP contribution is -2.37. The zero-order valence-corrected chi connectivity index (χ0v) is 11.8. The summed E-state index contributed by atoms with van der Waals surface area (Å²) in [4.78, 5) is 11.9. The van der Waals surface area contributed by atoms with Crippen molar-refractivity contribution in [3.05, 3.63) is 0 Å². The van der Waals surface area contributed by atoms with Gasteiger partial charge >= 0.3 is 5.97 Å². The summed E-state index contributed by atoms with van der Waals surface area (Å²) < 4.78 is 5.13. The fraction of sp³-hybridized carbons (Fsp3) is 0.917. The average Bonchev–Trinajstić information content (AvgIpc) is 2.12. The summed E-state index contributed by atoms with van der Waals surface area (Å²) in [6.07, 6.45) is 1.95. The van der Waals surface area contributed by atoms with E-state index in [0.717, 1.165) is 0 Å². The maximum absolute atomic E-state index is 11.9. The van der Waals surface area contributed by atoms with Crippen LogP contribution in [0.2, 0.25) is 0 Å².